The van der Waals surface area contributed by atoms with E-state index in [1.165, 1.54) is 11.8 Å². The van der Waals surface area contributed by atoms with Crippen molar-refractivity contribution in [2.24, 2.45) is 12.8 Å². The third-order valence-corrected chi connectivity index (χ3v) is 7.15. The van der Waals surface area contributed by atoms with Gasteiger partial charge in [-0.3, -0.25) is 9.59 Å². The zero-order valence-corrected chi connectivity index (χ0v) is 21.2. The Labute approximate surface area is 205 Å². The first-order valence-corrected chi connectivity index (χ1v) is 12.1. The first-order valence-electron chi connectivity index (χ1n) is 10.3. The summed E-state index contributed by atoms with van der Waals surface area (Å²) < 4.78 is 6.88. The van der Waals surface area contributed by atoms with E-state index in [0.717, 1.165) is 22.6 Å². The van der Waals surface area contributed by atoms with Gasteiger partial charge in [0.1, 0.15) is 5.00 Å². The number of nitrogens with two attached hydrogens (primary N) is 1. The minimum atomic E-state index is -0.673. The van der Waals surface area contributed by atoms with Crippen molar-refractivity contribution in [3.05, 3.63) is 40.3 Å². The lowest BCUT2D eigenvalue weighted by molar-refractivity contribution is -0.113. The van der Waals surface area contributed by atoms with E-state index in [1.54, 1.807) is 13.8 Å². The zero-order chi connectivity index (χ0) is 25.0. The van der Waals surface area contributed by atoms with Crippen LogP contribution in [0.3, 0.4) is 0 Å². The van der Waals surface area contributed by atoms with Gasteiger partial charge in [-0.1, -0.05) is 11.8 Å². The third kappa shape index (κ3) is 5.39. The van der Waals surface area contributed by atoms with E-state index in [2.05, 4.69) is 15.5 Å². The van der Waals surface area contributed by atoms with Gasteiger partial charge >= 0.3 is 5.97 Å². The number of carbonyl (C=O) groups is 3. The number of carbonyl (C=O) groups excluding carboxylic acids is 3. The molecule has 12 heteroatoms. The molecule has 0 aliphatic heterocycles. The van der Waals surface area contributed by atoms with Crippen LogP contribution in [0.1, 0.15) is 32.5 Å². The van der Waals surface area contributed by atoms with Crippen molar-refractivity contribution < 1.29 is 19.1 Å². The van der Waals surface area contributed by atoms with Crippen LogP contribution in [-0.2, 0) is 16.6 Å². The standard InChI is InChI=1S/C22H26N6O4S2/c1-6-32-21(31)16-12(2)17(18(23)30)34-20(16)24-15(29)11-33-22-26-25-19(28(22)5)13-7-9-14(10-8-13)27(3)4/h7-10H,6,11H2,1-5H3,(H2,23,30)(H,24,29). The van der Waals surface area contributed by atoms with Crippen LogP contribution in [0.15, 0.2) is 29.4 Å². The third-order valence-electron chi connectivity index (χ3n) is 4.91. The Bertz CT molecular complexity index is 1220. The molecule has 0 spiro atoms. The van der Waals surface area contributed by atoms with E-state index < -0.39 is 11.9 Å². The summed E-state index contributed by atoms with van der Waals surface area (Å²) in [4.78, 5) is 38.9. The van der Waals surface area contributed by atoms with Crippen LogP contribution >= 0.6 is 23.1 Å². The van der Waals surface area contributed by atoms with Crippen LogP contribution in [0, 0.1) is 6.92 Å². The number of nitrogens with zero attached hydrogens (tertiary/aromatic N) is 4. The smallest absolute Gasteiger partial charge is 0.341 e. The SMILES string of the molecule is CCOC(=O)c1c(NC(=O)CSc2nnc(-c3ccc(N(C)C)cc3)n2C)sc(C(N)=O)c1C. The summed E-state index contributed by atoms with van der Waals surface area (Å²) in [6.07, 6.45) is 0. The number of esters is 1. The van der Waals surface area contributed by atoms with Gasteiger partial charge in [0.25, 0.3) is 5.91 Å². The number of primary amides is 1. The molecule has 3 rings (SSSR count). The lowest BCUT2D eigenvalue weighted by atomic mass is 10.1. The molecule has 1 aromatic carbocycles. The maximum atomic E-state index is 12.6. The molecule has 0 bridgehead atoms. The summed E-state index contributed by atoms with van der Waals surface area (Å²) >= 11 is 2.16. The summed E-state index contributed by atoms with van der Waals surface area (Å²) in [5, 5.41) is 11.9. The Balaban J connectivity index is 1.72. The summed E-state index contributed by atoms with van der Waals surface area (Å²) in [5.74, 6) is -0.958. The molecule has 10 nitrogen and oxygen atoms in total. The van der Waals surface area contributed by atoms with Gasteiger partial charge in [-0.25, -0.2) is 4.79 Å². The molecule has 3 aromatic rings. The number of thiophene rings is 1. The Hall–Kier alpha value is -3.38. The number of ether oxygens (including phenoxy) is 1. The fourth-order valence-electron chi connectivity index (χ4n) is 3.18. The lowest BCUT2D eigenvalue weighted by Crippen LogP contribution is -2.17. The molecule has 180 valence electrons. The number of benzene rings is 1. The van der Waals surface area contributed by atoms with Gasteiger partial charge in [-0.15, -0.1) is 21.5 Å². The number of anilines is 2. The van der Waals surface area contributed by atoms with Crippen molar-refractivity contribution in [3.8, 4) is 11.4 Å². The van der Waals surface area contributed by atoms with Crippen molar-refractivity contribution in [3.63, 3.8) is 0 Å². The average molecular weight is 503 g/mol. The highest BCUT2D eigenvalue weighted by Crippen LogP contribution is 2.34. The van der Waals surface area contributed by atoms with Gasteiger partial charge < -0.3 is 25.3 Å². The molecule has 2 amide bonds. The number of aromatic nitrogens is 3. The van der Waals surface area contributed by atoms with Gasteiger partial charge in [0, 0.05) is 32.4 Å². The maximum absolute atomic E-state index is 12.6. The zero-order valence-electron chi connectivity index (χ0n) is 19.5. The highest BCUT2D eigenvalue weighted by atomic mass is 32.2. The van der Waals surface area contributed by atoms with Crippen LogP contribution in [0.25, 0.3) is 11.4 Å². The molecular formula is C22H26N6O4S2. The van der Waals surface area contributed by atoms with Crippen LogP contribution in [0.2, 0.25) is 0 Å². The van der Waals surface area contributed by atoms with Crippen molar-refractivity contribution in [2.75, 3.05) is 36.7 Å². The van der Waals surface area contributed by atoms with Crippen molar-refractivity contribution >= 4 is 51.6 Å². The Kier molecular flexibility index (Phi) is 7.94. The molecule has 2 heterocycles. The number of hydrogen-bond donors (Lipinski definition) is 2. The van der Waals surface area contributed by atoms with Gasteiger partial charge in [-0.05, 0) is 43.7 Å². The van der Waals surface area contributed by atoms with E-state index in [1.807, 2.05) is 54.9 Å². The van der Waals surface area contributed by atoms with Crippen LogP contribution in [0.5, 0.6) is 0 Å². The quantitative estimate of drug-likeness (QED) is 0.337. The number of thioether (sulfide) groups is 1. The first-order chi connectivity index (χ1) is 16.1. The second-order valence-corrected chi connectivity index (χ2v) is 9.45. The largest absolute Gasteiger partial charge is 0.462 e. The molecule has 0 fully saturated rings. The second-order valence-electron chi connectivity index (χ2n) is 7.49. The van der Waals surface area contributed by atoms with Crippen molar-refractivity contribution in [1.82, 2.24) is 14.8 Å². The molecule has 0 aliphatic carbocycles. The second kappa shape index (κ2) is 10.7. The number of nitrogens with one attached hydrogen (secondary N) is 1. The Morgan fingerprint density at radius 1 is 1.21 bits per heavy atom. The summed E-state index contributed by atoms with van der Waals surface area (Å²) in [5.41, 5.74) is 7.91. The fourth-order valence-corrected chi connectivity index (χ4v) is 4.95. The molecule has 2 aromatic heterocycles. The van der Waals surface area contributed by atoms with E-state index in [0.29, 0.717) is 16.5 Å². The van der Waals surface area contributed by atoms with Crippen LogP contribution < -0.4 is 16.0 Å². The van der Waals surface area contributed by atoms with Gasteiger partial charge in [0.2, 0.25) is 5.91 Å². The molecule has 0 radical (unpaired) electrons. The fraction of sp³-hybridized carbons (Fsp3) is 0.318. The molecular weight excluding hydrogens is 476 g/mol. The van der Waals surface area contributed by atoms with Crippen LogP contribution in [-0.4, -0.2) is 59.0 Å². The van der Waals surface area contributed by atoms with Gasteiger partial charge in [0.15, 0.2) is 11.0 Å². The van der Waals surface area contributed by atoms with Gasteiger partial charge in [-0.2, -0.15) is 0 Å². The van der Waals surface area contributed by atoms with E-state index >= 15 is 0 Å². The lowest BCUT2D eigenvalue weighted by Gasteiger charge is -2.12. The highest BCUT2D eigenvalue weighted by molar-refractivity contribution is 7.99. The molecule has 34 heavy (non-hydrogen) atoms. The van der Waals surface area contributed by atoms with E-state index in [-0.39, 0.29) is 33.7 Å². The van der Waals surface area contributed by atoms with Gasteiger partial charge in [0.05, 0.1) is 22.8 Å². The number of amides is 2. The van der Waals surface area contributed by atoms with E-state index in [9.17, 15) is 14.4 Å². The summed E-state index contributed by atoms with van der Waals surface area (Å²) in [6, 6.07) is 7.92. The minimum Gasteiger partial charge on any atom is -0.462 e. The van der Waals surface area contributed by atoms with Crippen molar-refractivity contribution in [1.29, 1.82) is 0 Å². The minimum absolute atomic E-state index is 0.0245. The monoisotopic (exact) mass is 502 g/mol. The predicted molar refractivity (Wildman–Crippen MR) is 134 cm³/mol. The Morgan fingerprint density at radius 2 is 1.88 bits per heavy atom. The first kappa shape index (κ1) is 25.2. The highest BCUT2D eigenvalue weighted by Gasteiger charge is 2.26. The maximum Gasteiger partial charge on any atom is 0.341 e. The van der Waals surface area contributed by atoms with Crippen LogP contribution in [0.4, 0.5) is 10.7 Å². The van der Waals surface area contributed by atoms with Crippen molar-refractivity contribution in [2.45, 2.75) is 19.0 Å². The molecule has 0 unspecified atom stereocenters. The molecule has 0 aliphatic rings. The molecule has 3 N–H and O–H groups in total. The number of rotatable bonds is 9. The summed E-state index contributed by atoms with van der Waals surface area (Å²) in [7, 11) is 5.77. The number of hydrogen-bond acceptors (Lipinski definition) is 9. The predicted octanol–water partition coefficient (Wildman–Crippen LogP) is 2.92. The Morgan fingerprint density at radius 3 is 2.47 bits per heavy atom. The topological polar surface area (TPSA) is 132 Å². The molecule has 0 saturated carbocycles. The summed E-state index contributed by atoms with van der Waals surface area (Å²) in [6.45, 7) is 3.43. The molecule has 0 atom stereocenters. The average Bonchev–Trinajstić information content (AvgIpc) is 3.31. The normalized spacial score (nSPS) is 10.7. The van der Waals surface area contributed by atoms with E-state index in [4.69, 9.17) is 10.5 Å². The molecule has 0 saturated heterocycles.